The fraction of sp³-hybridized carbons (Fsp3) is 0.500. The maximum Gasteiger partial charge on any atom is 0.280 e. The number of nitrogens with zero attached hydrogens (tertiary/aromatic N) is 1. The van der Waals surface area contributed by atoms with Gasteiger partial charge in [-0.05, 0) is 43.0 Å². The molecule has 0 fully saturated rings. The second kappa shape index (κ2) is 8.68. The Morgan fingerprint density at radius 1 is 1.23 bits per heavy atom. The molecule has 22 heavy (non-hydrogen) atoms. The third-order valence-corrected chi connectivity index (χ3v) is 5.01. The summed E-state index contributed by atoms with van der Waals surface area (Å²) < 4.78 is 12.4. The van der Waals surface area contributed by atoms with Crippen LogP contribution in [0, 0.1) is 6.92 Å². The number of hydrogen-bond acceptors (Lipinski definition) is 2. The van der Waals surface area contributed by atoms with Gasteiger partial charge in [0.25, 0.3) is 5.91 Å². The van der Waals surface area contributed by atoms with Crippen molar-refractivity contribution >= 4 is 22.7 Å². The summed E-state index contributed by atoms with van der Waals surface area (Å²) in [4.78, 5) is 16.4. The minimum absolute atomic E-state index is 0.253. The van der Waals surface area contributed by atoms with E-state index in [0.29, 0.717) is 17.7 Å². The lowest BCUT2D eigenvalue weighted by Crippen LogP contribution is -2.24. The van der Waals surface area contributed by atoms with Gasteiger partial charge in [0.05, 0.1) is 10.8 Å². The Balaban J connectivity index is 3.12. The van der Waals surface area contributed by atoms with E-state index < -0.39 is 16.7 Å². The van der Waals surface area contributed by atoms with Gasteiger partial charge in [0.15, 0.2) is 5.96 Å². The monoisotopic (exact) mass is 323 g/mol. The van der Waals surface area contributed by atoms with E-state index in [0.717, 1.165) is 35.3 Å². The van der Waals surface area contributed by atoms with Crippen LogP contribution >= 0.6 is 0 Å². The number of carbonyl (C=O) groups excluding carboxylic acids is 1. The number of hydrogen-bond donors (Lipinski definition) is 2. The van der Waals surface area contributed by atoms with Crippen LogP contribution in [0.3, 0.4) is 0 Å². The number of aliphatic imine (C=N–C) groups is 1. The minimum atomic E-state index is -1.04. The zero-order valence-electron chi connectivity index (χ0n) is 13.5. The highest BCUT2D eigenvalue weighted by atomic mass is 32.2. The third kappa shape index (κ3) is 4.94. The Labute approximate surface area is 134 Å². The van der Waals surface area contributed by atoms with Crippen LogP contribution < -0.4 is 11.5 Å². The molecule has 0 spiro atoms. The van der Waals surface area contributed by atoms with Crippen LogP contribution in [0.5, 0.6) is 0 Å². The first-order chi connectivity index (χ1) is 10.4. The predicted octanol–water partition coefficient (Wildman–Crippen LogP) is 2.27. The summed E-state index contributed by atoms with van der Waals surface area (Å²) in [5.74, 6) is -0.0563. The molecule has 1 aromatic carbocycles. The number of carbonyl (C=O) groups is 1. The molecular weight excluding hydrogens is 298 g/mol. The van der Waals surface area contributed by atoms with Gasteiger partial charge in [-0.15, -0.1) is 0 Å². The first-order valence-corrected chi connectivity index (χ1v) is 8.88. The second-order valence-electron chi connectivity index (χ2n) is 5.23. The quantitative estimate of drug-likeness (QED) is 0.457. The number of benzene rings is 1. The van der Waals surface area contributed by atoms with Crippen LogP contribution in [-0.2, 0) is 17.2 Å². The normalized spacial score (nSPS) is 12.0. The second-order valence-corrected chi connectivity index (χ2v) is 6.77. The Morgan fingerprint density at radius 3 is 2.45 bits per heavy atom. The van der Waals surface area contributed by atoms with E-state index in [-0.39, 0.29) is 5.96 Å². The van der Waals surface area contributed by atoms with Crippen LogP contribution in [-0.4, -0.2) is 21.8 Å². The van der Waals surface area contributed by atoms with Crippen LogP contribution in [0.2, 0.25) is 0 Å². The van der Waals surface area contributed by atoms with Gasteiger partial charge in [0.1, 0.15) is 0 Å². The fourth-order valence-electron chi connectivity index (χ4n) is 2.24. The molecule has 0 heterocycles. The Morgan fingerprint density at radius 2 is 1.91 bits per heavy atom. The zero-order valence-corrected chi connectivity index (χ0v) is 14.3. The highest BCUT2D eigenvalue weighted by molar-refractivity contribution is 7.85. The van der Waals surface area contributed by atoms with Gasteiger partial charge < -0.3 is 11.5 Å². The van der Waals surface area contributed by atoms with Gasteiger partial charge in [-0.25, -0.2) is 0 Å². The maximum absolute atomic E-state index is 12.4. The summed E-state index contributed by atoms with van der Waals surface area (Å²) in [5, 5.41) is 0. The molecule has 0 aromatic heterocycles. The molecule has 1 unspecified atom stereocenters. The molecule has 0 radical (unpaired) electrons. The number of unbranched alkanes of at least 4 members (excludes halogenated alkanes) is 2. The molecule has 1 aromatic rings. The predicted molar refractivity (Wildman–Crippen MR) is 91.5 cm³/mol. The molecule has 0 aliphatic rings. The van der Waals surface area contributed by atoms with E-state index in [9.17, 15) is 9.00 Å². The molecule has 0 saturated carbocycles. The van der Waals surface area contributed by atoms with Crippen molar-refractivity contribution in [1.82, 2.24) is 0 Å². The zero-order chi connectivity index (χ0) is 16.7. The van der Waals surface area contributed by atoms with Gasteiger partial charge >= 0.3 is 0 Å². The molecule has 122 valence electrons. The standard InChI is InChI=1S/C16H25N3O2S/c1-4-6-7-8-22(21)14-10-12(5-2)13(9-11(14)3)15(20)19-16(17)18/h9-10H,4-8H2,1-3H3,(H4,17,18,19,20). The molecule has 5 nitrogen and oxygen atoms in total. The molecular formula is C16H25N3O2S. The summed E-state index contributed by atoms with van der Waals surface area (Å²) in [5.41, 5.74) is 12.7. The number of nitrogens with two attached hydrogens (primary N) is 2. The van der Waals surface area contributed by atoms with Gasteiger partial charge in [-0.2, -0.15) is 4.99 Å². The summed E-state index contributed by atoms with van der Waals surface area (Å²) in [6.07, 6.45) is 3.77. The summed E-state index contributed by atoms with van der Waals surface area (Å²) >= 11 is 0. The van der Waals surface area contributed by atoms with Crippen molar-refractivity contribution in [3.8, 4) is 0 Å². The maximum atomic E-state index is 12.4. The van der Waals surface area contributed by atoms with Gasteiger partial charge in [-0.1, -0.05) is 26.7 Å². The average molecular weight is 323 g/mol. The lowest BCUT2D eigenvalue weighted by Gasteiger charge is -2.12. The first kappa shape index (κ1) is 18.4. The Bertz CT molecular complexity index is 593. The van der Waals surface area contributed by atoms with Crippen molar-refractivity contribution in [2.75, 3.05) is 5.75 Å². The topological polar surface area (TPSA) is 98.5 Å². The lowest BCUT2D eigenvalue weighted by molar-refractivity contribution is 0.100. The van der Waals surface area contributed by atoms with Crippen LogP contribution in [0.4, 0.5) is 0 Å². The van der Waals surface area contributed by atoms with Crippen molar-refractivity contribution in [2.45, 2.75) is 51.3 Å². The summed E-state index contributed by atoms with van der Waals surface area (Å²) in [6, 6.07) is 3.59. The SMILES string of the molecule is CCCCCS(=O)c1cc(CC)c(C(=O)N=C(N)N)cc1C. The summed E-state index contributed by atoms with van der Waals surface area (Å²) in [7, 11) is -1.04. The van der Waals surface area contributed by atoms with Crippen LogP contribution in [0.15, 0.2) is 22.0 Å². The van der Waals surface area contributed by atoms with Crippen molar-refractivity contribution in [1.29, 1.82) is 0 Å². The van der Waals surface area contributed by atoms with E-state index in [2.05, 4.69) is 11.9 Å². The van der Waals surface area contributed by atoms with E-state index in [4.69, 9.17) is 11.5 Å². The third-order valence-electron chi connectivity index (χ3n) is 3.42. The fourth-order valence-corrected chi connectivity index (χ4v) is 3.62. The van der Waals surface area contributed by atoms with Crippen LogP contribution in [0.25, 0.3) is 0 Å². The molecule has 1 rings (SSSR count). The largest absolute Gasteiger partial charge is 0.370 e. The van der Waals surface area contributed by atoms with E-state index in [1.54, 1.807) is 6.07 Å². The van der Waals surface area contributed by atoms with Gasteiger partial charge in [-0.3, -0.25) is 9.00 Å². The van der Waals surface area contributed by atoms with Crippen molar-refractivity contribution in [3.63, 3.8) is 0 Å². The van der Waals surface area contributed by atoms with Crippen molar-refractivity contribution < 1.29 is 9.00 Å². The van der Waals surface area contributed by atoms with Gasteiger partial charge in [0, 0.05) is 16.2 Å². The van der Waals surface area contributed by atoms with Gasteiger partial charge in [0.2, 0.25) is 0 Å². The summed E-state index contributed by atoms with van der Waals surface area (Å²) in [6.45, 7) is 5.92. The highest BCUT2D eigenvalue weighted by Crippen LogP contribution is 2.22. The lowest BCUT2D eigenvalue weighted by atomic mass is 10.0. The number of guanidine groups is 1. The Hall–Kier alpha value is -1.69. The molecule has 6 heteroatoms. The minimum Gasteiger partial charge on any atom is -0.370 e. The molecule has 0 aliphatic carbocycles. The number of amides is 1. The molecule has 4 N–H and O–H groups in total. The molecule has 0 aliphatic heterocycles. The smallest absolute Gasteiger partial charge is 0.280 e. The van der Waals surface area contributed by atoms with E-state index in [1.165, 1.54) is 0 Å². The molecule has 0 bridgehead atoms. The van der Waals surface area contributed by atoms with E-state index >= 15 is 0 Å². The molecule has 1 atom stereocenters. The Kier molecular flexibility index (Phi) is 7.24. The average Bonchev–Trinajstić information content (AvgIpc) is 2.46. The van der Waals surface area contributed by atoms with E-state index in [1.807, 2.05) is 19.9 Å². The number of rotatable bonds is 7. The van der Waals surface area contributed by atoms with Crippen LogP contribution in [0.1, 0.15) is 54.6 Å². The molecule has 0 saturated heterocycles. The highest BCUT2D eigenvalue weighted by Gasteiger charge is 2.16. The first-order valence-electron chi connectivity index (χ1n) is 7.56. The van der Waals surface area contributed by atoms with Crippen molar-refractivity contribution in [3.05, 3.63) is 28.8 Å². The molecule has 1 amide bonds. The van der Waals surface area contributed by atoms with Crippen molar-refractivity contribution in [2.24, 2.45) is 16.5 Å². The number of aryl methyl sites for hydroxylation is 2.